The summed E-state index contributed by atoms with van der Waals surface area (Å²) < 4.78 is 0. The number of benzene rings is 2. The Bertz CT molecular complexity index is 645. The molecule has 0 amide bonds. The normalized spacial score (nSPS) is 33.2. The Hall–Kier alpha value is -1.34. The van der Waals surface area contributed by atoms with E-state index in [9.17, 15) is 5.11 Å². The molecule has 0 saturated heterocycles. The highest BCUT2D eigenvalue weighted by atomic mass is 16.3. The summed E-state index contributed by atoms with van der Waals surface area (Å²) in [7, 11) is 0. The largest absolute Gasteiger partial charge is 0.393 e. The molecule has 0 aromatic heterocycles. The van der Waals surface area contributed by atoms with Crippen molar-refractivity contribution < 1.29 is 5.11 Å². The first-order valence-electron chi connectivity index (χ1n) is 7.39. The van der Waals surface area contributed by atoms with Crippen LogP contribution in [0, 0.1) is 5.41 Å². The molecule has 0 spiro atoms. The lowest BCUT2D eigenvalue weighted by Gasteiger charge is -2.40. The van der Waals surface area contributed by atoms with Gasteiger partial charge in [-0.3, -0.25) is 0 Å². The predicted molar refractivity (Wildman–Crippen MR) is 78.4 cm³/mol. The number of aryl methyl sites for hydroxylation is 1. The van der Waals surface area contributed by atoms with Gasteiger partial charge < -0.3 is 5.11 Å². The van der Waals surface area contributed by atoms with E-state index in [2.05, 4.69) is 43.3 Å². The summed E-state index contributed by atoms with van der Waals surface area (Å²) in [6.07, 6.45) is 4.23. The molecular weight excluding hydrogens is 232 g/mol. The van der Waals surface area contributed by atoms with Gasteiger partial charge in [0.1, 0.15) is 0 Å². The Morgan fingerprint density at radius 3 is 2.84 bits per heavy atom. The molecule has 2 aromatic rings. The van der Waals surface area contributed by atoms with E-state index in [0.29, 0.717) is 5.92 Å². The quantitative estimate of drug-likeness (QED) is 0.750. The van der Waals surface area contributed by atoms with Crippen LogP contribution >= 0.6 is 0 Å². The standard InChI is InChI=1S/C18H20O/c1-18-11-10-14-13-5-3-2-4-12(13)6-7-15(14)16(18)8-9-17(18)19/h2-7,16-17,19H,8-11H2,1H3/t16-,17-,18-/m1/s1. The molecule has 2 aliphatic carbocycles. The molecule has 1 saturated carbocycles. The van der Waals surface area contributed by atoms with E-state index in [0.717, 1.165) is 25.7 Å². The van der Waals surface area contributed by atoms with Crippen molar-refractivity contribution in [3.63, 3.8) is 0 Å². The summed E-state index contributed by atoms with van der Waals surface area (Å²) in [6.45, 7) is 2.29. The Morgan fingerprint density at radius 2 is 1.95 bits per heavy atom. The summed E-state index contributed by atoms with van der Waals surface area (Å²) in [4.78, 5) is 0. The first kappa shape index (κ1) is 11.5. The summed E-state index contributed by atoms with van der Waals surface area (Å²) in [6, 6.07) is 13.3. The Labute approximate surface area is 114 Å². The lowest BCUT2D eigenvalue weighted by atomic mass is 9.65. The maximum absolute atomic E-state index is 10.3. The average molecular weight is 252 g/mol. The van der Waals surface area contributed by atoms with Crippen LogP contribution in [0.15, 0.2) is 36.4 Å². The Kier molecular flexibility index (Phi) is 2.32. The molecule has 1 heteroatoms. The van der Waals surface area contributed by atoms with Crippen molar-refractivity contribution in [2.24, 2.45) is 5.41 Å². The minimum atomic E-state index is -0.114. The van der Waals surface area contributed by atoms with Gasteiger partial charge in [0.25, 0.3) is 0 Å². The molecule has 2 aromatic carbocycles. The number of hydrogen-bond acceptors (Lipinski definition) is 1. The van der Waals surface area contributed by atoms with E-state index >= 15 is 0 Å². The van der Waals surface area contributed by atoms with Gasteiger partial charge in [0, 0.05) is 5.41 Å². The molecule has 3 atom stereocenters. The van der Waals surface area contributed by atoms with Gasteiger partial charge in [0.15, 0.2) is 0 Å². The molecule has 0 bridgehead atoms. The fourth-order valence-corrected chi connectivity index (χ4v) is 4.42. The predicted octanol–water partition coefficient (Wildman–Crippen LogP) is 4.03. The van der Waals surface area contributed by atoms with Crippen molar-refractivity contribution in [2.45, 2.75) is 44.6 Å². The van der Waals surface area contributed by atoms with Crippen LogP contribution in [0.25, 0.3) is 10.8 Å². The molecule has 98 valence electrons. The summed E-state index contributed by atoms with van der Waals surface area (Å²) >= 11 is 0. The number of aliphatic hydroxyl groups excluding tert-OH is 1. The number of aliphatic hydroxyl groups is 1. The average Bonchev–Trinajstić information content (AvgIpc) is 2.75. The van der Waals surface area contributed by atoms with Crippen LogP contribution in [0.3, 0.4) is 0 Å². The first-order valence-corrected chi connectivity index (χ1v) is 7.39. The maximum atomic E-state index is 10.3. The highest BCUT2D eigenvalue weighted by molar-refractivity contribution is 5.87. The second-order valence-corrected chi connectivity index (χ2v) is 6.51. The van der Waals surface area contributed by atoms with Crippen LogP contribution in [0.5, 0.6) is 0 Å². The van der Waals surface area contributed by atoms with Crippen LogP contribution in [0.4, 0.5) is 0 Å². The molecule has 0 aliphatic heterocycles. The number of hydrogen-bond donors (Lipinski definition) is 1. The minimum absolute atomic E-state index is 0.107. The fourth-order valence-electron chi connectivity index (χ4n) is 4.42. The third kappa shape index (κ3) is 1.45. The van der Waals surface area contributed by atoms with E-state index in [1.54, 1.807) is 0 Å². The van der Waals surface area contributed by atoms with Gasteiger partial charge in [0.2, 0.25) is 0 Å². The zero-order chi connectivity index (χ0) is 13.0. The fraction of sp³-hybridized carbons (Fsp3) is 0.444. The third-order valence-corrected chi connectivity index (χ3v) is 5.65. The van der Waals surface area contributed by atoms with Crippen molar-refractivity contribution in [1.29, 1.82) is 0 Å². The van der Waals surface area contributed by atoms with Gasteiger partial charge in [-0.15, -0.1) is 0 Å². The zero-order valence-electron chi connectivity index (χ0n) is 11.4. The van der Waals surface area contributed by atoms with Crippen molar-refractivity contribution in [3.8, 4) is 0 Å². The van der Waals surface area contributed by atoms with E-state index in [4.69, 9.17) is 0 Å². The van der Waals surface area contributed by atoms with Gasteiger partial charge in [0.05, 0.1) is 6.10 Å². The van der Waals surface area contributed by atoms with Gasteiger partial charge in [-0.25, -0.2) is 0 Å². The monoisotopic (exact) mass is 252 g/mol. The summed E-state index contributed by atoms with van der Waals surface area (Å²) in [5, 5.41) is 13.1. The molecule has 0 unspecified atom stereocenters. The van der Waals surface area contributed by atoms with Crippen LogP contribution in [-0.2, 0) is 6.42 Å². The molecule has 0 radical (unpaired) electrons. The SMILES string of the molecule is C[C@@]12CCc3c(ccc4ccccc34)[C@H]1CC[C@H]2O. The van der Waals surface area contributed by atoms with Crippen molar-refractivity contribution in [2.75, 3.05) is 0 Å². The number of rotatable bonds is 0. The molecule has 0 heterocycles. The molecule has 1 nitrogen and oxygen atoms in total. The van der Waals surface area contributed by atoms with Crippen molar-refractivity contribution >= 4 is 10.8 Å². The van der Waals surface area contributed by atoms with E-state index in [1.807, 2.05) is 0 Å². The smallest absolute Gasteiger partial charge is 0.0600 e. The Balaban J connectivity index is 1.94. The highest BCUT2D eigenvalue weighted by Crippen LogP contribution is 2.56. The molecule has 4 rings (SSSR count). The van der Waals surface area contributed by atoms with Crippen molar-refractivity contribution in [1.82, 2.24) is 0 Å². The van der Waals surface area contributed by atoms with Gasteiger partial charge in [-0.1, -0.05) is 43.3 Å². The highest BCUT2D eigenvalue weighted by Gasteiger charge is 2.48. The van der Waals surface area contributed by atoms with Crippen LogP contribution in [0.2, 0.25) is 0 Å². The Morgan fingerprint density at radius 1 is 1.11 bits per heavy atom. The minimum Gasteiger partial charge on any atom is -0.393 e. The van der Waals surface area contributed by atoms with Crippen molar-refractivity contribution in [3.05, 3.63) is 47.5 Å². The second kappa shape index (κ2) is 3.83. The lowest BCUT2D eigenvalue weighted by molar-refractivity contribution is 0.0459. The molecular formula is C18H20O. The second-order valence-electron chi connectivity index (χ2n) is 6.51. The molecule has 1 fully saturated rings. The van der Waals surface area contributed by atoms with E-state index in [-0.39, 0.29) is 11.5 Å². The van der Waals surface area contributed by atoms with E-state index < -0.39 is 0 Å². The van der Waals surface area contributed by atoms with Crippen LogP contribution < -0.4 is 0 Å². The molecule has 19 heavy (non-hydrogen) atoms. The lowest BCUT2D eigenvalue weighted by Crippen LogP contribution is -2.35. The molecule has 2 aliphatic rings. The van der Waals surface area contributed by atoms with Crippen LogP contribution in [-0.4, -0.2) is 11.2 Å². The van der Waals surface area contributed by atoms with E-state index in [1.165, 1.54) is 21.9 Å². The number of fused-ring (bicyclic) bond motifs is 5. The maximum Gasteiger partial charge on any atom is 0.0600 e. The van der Waals surface area contributed by atoms with Crippen LogP contribution in [0.1, 0.15) is 43.2 Å². The van der Waals surface area contributed by atoms with Gasteiger partial charge in [-0.2, -0.15) is 0 Å². The zero-order valence-corrected chi connectivity index (χ0v) is 11.4. The molecule has 1 N–H and O–H groups in total. The third-order valence-electron chi connectivity index (χ3n) is 5.65. The summed E-state index contributed by atoms with van der Waals surface area (Å²) in [5.41, 5.74) is 3.15. The first-order chi connectivity index (χ1) is 9.20. The summed E-state index contributed by atoms with van der Waals surface area (Å²) in [5.74, 6) is 0.552. The topological polar surface area (TPSA) is 20.2 Å². The van der Waals surface area contributed by atoms with Gasteiger partial charge in [-0.05, 0) is 53.5 Å². The van der Waals surface area contributed by atoms with Gasteiger partial charge >= 0.3 is 0 Å².